The van der Waals surface area contributed by atoms with Gasteiger partial charge in [-0.3, -0.25) is 10.1 Å². The van der Waals surface area contributed by atoms with E-state index in [0.29, 0.717) is 0 Å². The fourth-order valence-electron chi connectivity index (χ4n) is 1.37. The van der Waals surface area contributed by atoms with Crippen LogP contribution in [0.2, 0.25) is 5.15 Å². The van der Waals surface area contributed by atoms with Crippen molar-refractivity contribution >= 4 is 17.3 Å². The number of halogens is 2. The van der Waals surface area contributed by atoms with Gasteiger partial charge in [0.15, 0.2) is 5.75 Å². The molecule has 0 amide bonds. The Kier molecular flexibility index (Phi) is 3.72. The molecule has 0 fully saturated rings. The molecule has 0 saturated heterocycles. The Bertz CT molecular complexity index is 732. The summed E-state index contributed by atoms with van der Waals surface area (Å²) in [5, 5.41) is 19.3. The second kappa shape index (κ2) is 5.46. The van der Waals surface area contributed by atoms with Crippen LogP contribution in [0.5, 0.6) is 11.6 Å². The second-order valence-corrected chi connectivity index (χ2v) is 3.76. The lowest BCUT2D eigenvalue weighted by atomic mass is 10.2. The minimum absolute atomic E-state index is 0.203. The molecule has 0 N–H and O–H groups in total. The highest BCUT2D eigenvalue weighted by molar-refractivity contribution is 6.31. The van der Waals surface area contributed by atoms with E-state index in [1.165, 1.54) is 12.1 Å². The van der Waals surface area contributed by atoms with E-state index < -0.39 is 33.0 Å². The van der Waals surface area contributed by atoms with Gasteiger partial charge in [-0.05, 0) is 12.1 Å². The number of rotatable bonds is 3. The third-order valence-electron chi connectivity index (χ3n) is 2.22. The van der Waals surface area contributed by atoms with Crippen molar-refractivity contribution in [2.75, 3.05) is 0 Å². The molecule has 1 aromatic carbocycles. The van der Waals surface area contributed by atoms with E-state index in [-0.39, 0.29) is 5.75 Å². The van der Waals surface area contributed by atoms with Crippen LogP contribution in [0.3, 0.4) is 0 Å². The van der Waals surface area contributed by atoms with Crippen molar-refractivity contribution in [3.63, 3.8) is 0 Å². The molecule has 0 aliphatic heterocycles. The van der Waals surface area contributed by atoms with Crippen LogP contribution < -0.4 is 4.74 Å². The zero-order valence-electron chi connectivity index (χ0n) is 9.58. The first kappa shape index (κ1) is 13.6. The third-order valence-corrected chi connectivity index (χ3v) is 2.50. The highest BCUT2D eigenvalue weighted by Gasteiger charge is 2.24. The first-order valence-corrected chi connectivity index (χ1v) is 5.43. The molecule has 0 radical (unpaired) electrons. The molecule has 0 aliphatic rings. The number of nitro groups is 1. The number of nitrogens with zero attached hydrogens (tertiary/aromatic N) is 4. The summed E-state index contributed by atoms with van der Waals surface area (Å²) in [5.74, 6) is -1.49. The van der Waals surface area contributed by atoms with E-state index in [4.69, 9.17) is 21.6 Å². The molecular formula is C11H4ClFN4O3. The highest BCUT2D eigenvalue weighted by Crippen LogP contribution is 2.34. The summed E-state index contributed by atoms with van der Waals surface area (Å²) in [6, 6.07) is 5.23. The van der Waals surface area contributed by atoms with E-state index in [0.717, 1.165) is 12.4 Å². The first-order valence-electron chi connectivity index (χ1n) is 5.06. The lowest BCUT2D eigenvalue weighted by Crippen LogP contribution is -2.00. The van der Waals surface area contributed by atoms with Gasteiger partial charge in [0, 0.05) is 0 Å². The molecule has 100 valence electrons. The first-order chi connectivity index (χ1) is 9.54. The smallest absolute Gasteiger partial charge is 0.368 e. The van der Waals surface area contributed by atoms with Crippen molar-refractivity contribution in [3.05, 3.63) is 51.2 Å². The summed E-state index contributed by atoms with van der Waals surface area (Å²) in [5.41, 5.74) is -1.06. The average Bonchev–Trinajstić information content (AvgIpc) is 2.38. The third kappa shape index (κ3) is 2.48. The maximum atomic E-state index is 13.4. The largest absolute Gasteiger partial charge is 0.432 e. The Balaban J connectivity index is 2.52. The molecule has 7 nitrogen and oxygen atoms in total. The second-order valence-electron chi connectivity index (χ2n) is 3.40. The predicted octanol–water partition coefficient (Wildman–Crippen LogP) is 2.84. The molecule has 1 aromatic heterocycles. The molecule has 0 spiro atoms. The molecule has 0 unspecified atom stereocenters. The molecule has 0 aliphatic carbocycles. The van der Waals surface area contributed by atoms with E-state index >= 15 is 0 Å². The lowest BCUT2D eigenvalue weighted by Gasteiger charge is -2.07. The highest BCUT2D eigenvalue weighted by atomic mass is 35.5. The summed E-state index contributed by atoms with van der Waals surface area (Å²) in [4.78, 5) is 17.1. The van der Waals surface area contributed by atoms with Crippen LogP contribution in [0, 0.1) is 27.3 Å². The van der Waals surface area contributed by atoms with E-state index in [9.17, 15) is 14.5 Å². The fourth-order valence-corrected chi connectivity index (χ4v) is 1.57. The molecule has 0 atom stereocenters. The number of ether oxygens (including phenoxy) is 1. The van der Waals surface area contributed by atoms with Gasteiger partial charge in [0.1, 0.15) is 23.8 Å². The van der Waals surface area contributed by atoms with Gasteiger partial charge in [0.05, 0.1) is 4.92 Å². The SMILES string of the molecule is N#Cc1c(F)cccc1Oc1ncnc(Cl)c1[N+](=O)[O-]. The fraction of sp³-hybridized carbons (Fsp3) is 0. The van der Waals surface area contributed by atoms with Gasteiger partial charge < -0.3 is 4.74 Å². The Labute approximate surface area is 116 Å². The van der Waals surface area contributed by atoms with Crippen LogP contribution in [-0.4, -0.2) is 14.9 Å². The number of nitriles is 1. The maximum absolute atomic E-state index is 13.4. The molecule has 0 bridgehead atoms. The monoisotopic (exact) mass is 294 g/mol. The van der Waals surface area contributed by atoms with Crippen molar-refractivity contribution in [2.45, 2.75) is 0 Å². The van der Waals surface area contributed by atoms with Crippen LogP contribution in [0.15, 0.2) is 24.5 Å². The van der Waals surface area contributed by atoms with Gasteiger partial charge in [0.2, 0.25) is 5.15 Å². The van der Waals surface area contributed by atoms with Crippen molar-refractivity contribution in [1.82, 2.24) is 9.97 Å². The number of benzene rings is 1. The van der Waals surface area contributed by atoms with Gasteiger partial charge in [0.25, 0.3) is 0 Å². The van der Waals surface area contributed by atoms with Crippen LogP contribution in [-0.2, 0) is 0 Å². The van der Waals surface area contributed by atoms with Gasteiger partial charge in [-0.15, -0.1) is 0 Å². The molecule has 1 heterocycles. The van der Waals surface area contributed by atoms with E-state index in [2.05, 4.69) is 9.97 Å². The predicted molar refractivity (Wildman–Crippen MR) is 64.9 cm³/mol. The minimum atomic E-state index is -0.830. The van der Waals surface area contributed by atoms with E-state index in [1.54, 1.807) is 6.07 Å². The number of hydrogen-bond acceptors (Lipinski definition) is 6. The summed E-state index contributed by atoms with van der Waals surface area (Å²) >= 11 is 5.58. The Morgan fingerprint density at radius 1 is 1.45 bits per heavy atom. The molecule has 9 heteroatoms. The van der Waals surface area contributed by atoms with Crippen molar-refractivity contribution in [3.8, 4) is 17.7 Å². The topological polar surface area (TPSA) is 102 Å². The van der Waals surface area contributed by atoms with Gasteiger partial charge in [-0.1, -0.05) is 17.7 Å². The van der Waals surface area contributed by atoms with Crippen molar-refractivity contribution in [1.29, 1.82) is 5.26 Å². The number of hydrogen-bond donors (Lipinski definition) is 0. The normalized spacial score (nSPS) is 9.85. The summed E-state index contributed by atoms with van der Waals surface area (Å²) in [7, 11) is 0. The van der Waals surface area contributed by atoms with Crippen LogP contribution in [0.4, 0.5) is 10.1 Å². The Morgan fingerprint density at radius 3 is 2.85 bits per heavy atom. The molecule has 0 saturated carbocycles. The average molecular weight is 295 g/mol. The molecule has 2 aromatic rings. The zero-order chi connectivity index (χ0) is 14.7. The van der Waals surface area contributed by atoms with Gasteiger partial charge in [-0.25, -0.2) is 9.37 Å². The maximum Gasteiger partial charge on any atom is 0.368 e. The van der Waals surface area contributed by atoms with Gasteiger partial charge in [-0.2, -0.15) is 10.2 Å². The zero-order valence-corrected chi connectivity index (χ0v) is 10.3. The van der Waals surface area contributed by atoms with Crippen LogP contribution >= 0.6 is 11.6 Å². The Morgan fingerprint density at radius 2 is 2.20 bits per heavy atom. The summed E-state index contributed by atoms with van der Waals surface area (Å²) in [6.45, 7) is 0. The van der Waals surface area contributed by atoms with Crippen LogP contribution in [0.1, 0.15) is 5.56 Å². The minimum Gasteiger partial charge on any atom is -0.432 e. The van der Waals surface area contributed by atoms with Crippen molar-refractivity contribution < 1.29 is 14.1 Å². The lowest BCUT2D eigenvalue weighted by molar-refractivity contribution is -0.386. The molecular weight excluding hydrogens is 291 g/mol. The van der Waals surface area contributed by atoms with E-state index in [1.807, 2.05) is 0 Å². The van der Waals surface area contributed by atoms with Gasteiger partial charge >= 0.3 is 11.6 Å². The summed E-state index contributed by atoms with van der Waals surface area (Å²) < 4.78 is 18.5. The quantitative estimate of drug-likeness (QED) is 0.490. The Hall–Kier alpha value is -2.79. The summed E-state index contributed by atoms with van der Waals surface area (Å²) in [6.07, 6.45) is 0.954. The molecule has 2 rings (SSSR count). The standard InChI is InChI=1S/C11H4ClFN4O3/c12-10-9(17(18)19)11(16-5-15-10)20-8-3-1-2-7(13)6(8)4-14/h1-3,5H. The van der Waals surface area contributed by atoms with Crippen molar-refractivity contribution in [2.24, 2.45) is 0 Å². The van der Waals surface area contributed by atoms with Crippen LogP contribution in [0.25, 0.3) is 0 Å². The number of aromatic nitrogens is 2. The molecule has 20 heavy (non-hydrogen) atoms.